The summed E-state index contributed by atoms with van der Waals surface area (Å²) in [6, 6.07) is 9.29. The summed E-state index contributed by atoms with van der Waals surface area (Å²) in [5.41, 5.74) is 1.86. The maximum atomic E-state index is 6.30. The van der Waals surface area contributed by atoms with Gasteiger partial charge in [-0.05, 0) is 49.7 Å². The normalized spacial score (nSPS) is 26.9. The summed E-state index contributed by atoms with van der Waals surface area (Å²) in [5, 5.41) is 4.74. The van der Waals surface area contributed by atoms with Crippen molar-refractivity contribution in [3.05, 3.63) is 34.9 Å². The number of halogens is 1. The van der Waals surface area contributed by atoms with Crippen LogP contribution in [0.3, 0.4) is 0 Å². The summed E-state index contributed by atoms with van der Waals surface area (Å²) < 4.78 is 0. The SMILES string of the molecule is C[C@H](NC1CCC12CCCCC2)c1ccccc1Cl. The highest BCUT2D eigenvalue weighted by Crippen LogP contribution is 2.52. The fourth-order valence-electron chi connectivity index (χ4n) is 4.03. The van der Waals surface area contributed by atoms with Gasteiger partial charge in [0.25, 0.3) is 0 Å². The number of nitrogens with one attached hydrogen (secondary N) is 1. The molecule has 2 heteroatoms. The van der Waals surface area contributed by atoms with Crippen molar-refractivity contribution in [2.45, 2.75) is 64.0 Å². The van der Waals surface area contributed by atoms with Crippen molar-refractivity contribution in [1.82, 2.24) is 5.32 Å². The minimum absolute atomic E-state index is 0.359. The Morgan fingerprint density at radius 3 is 2.53 bits per heavy atom. The first-order valence-corrected chi connectivity index (χ1v) is 8.10. The van der Waals surface area contributed by atoms with Crippen molar-refractivity contribution in [1.29, 1.82) is 0 Å². The summed E-state index contributed by atoms with van der Waals surface area (Å²) in [6.45, 7) is 2.25. The van der Waals surface area contributed by atoms with Crippen LogP contribution in [-0.4, -0.2) is 6.04 Å². The standard InChI is InChI=1S/C17H24ClN/c1-13(14-7-3-4-8-15(14)18)19-16-9-12-17(16)10-5-2-6-11-17/h3-4,7-8,13,16,19H,2,5-6,9-12H2,1H3/t13-,16?/m0/s1. The lowest BCUT2D eigenvalue weighted by atomic mass is 9.57. The predicted octanol–water partition coefficient (Wildman–Crippen LogP) is 5.10. The lowest BCUT2D eigenvalue weighted by Gasteiger charge is -2.53. The highest BCUT2D eigenvalue weighted by Gasteiger charge is 2.46. The van der Waals surface area contributed by atoms with Crippen LogP contribution in [0.5, 0.6) is 0 Å². The highest BCUT2D eigenvalue weighted by molar-refractivity contribution is 6.31. The summed E-state index contributed by atoms with van der Waals surface area (Å²) >= 11 is 6.30. The number of rotatable bonds is 3. The minimum atomic E-state index is 0.359. The van der Waals surface area contributed by atoms with Gasteiger partial charge in [0.05, 0.1) is 0 Å². The van der Waals surface area contributed by atoms with Gasteiger partial charge in [0.15, 0.2) is 0 Å². The van der Waals surface area contributed by atoms with E-state index in [-0.39, 0.29) is 0 Å². The van der Waals surface area contributed by atoms with Gasteiger partial charge in [0.1, 0.15) is 0 Å². The monoisotopic (exact) mass is 277 g/mol. The smallest absolute Gasteiger partial charge is 0.0453 e. The van der Waals surface area contributed by atoms with Crippen molar-refractivity contribution >= 4 is 11.6 Å². The van der Waals surface area contributed by atoms with E-state index < -0.39 is 0 Å². The Morgan fingerprint density at radius 1 is 1.16 bits per heavy atom. The van der Waals surface area contributed by atoms with Gasteiger partial charge >= 0.3 is 0 Å². The van der Waals surface area contributed by atoms with Crippen molar-refractivity contribution in [3.8, 4) is 0 Å². The van der Waals surface area contributed by atoms with E-state index in [0.717, 1.165) is 5.02 Å². The maximum Gasteiger partial charge on any atom is 0.0453 e. The zero-order chi connectivity index (χ0) is 13.3. The highest BCUT2D eigenvalue weighted by atomic mass is 35.5. The van der Waals surface area contributed by atoms with Crippen LogP contribution >= 0.6 is 11.6 Å². The quantitative estimate of drug-likeness (QED) is 0.810. The Morgan fingerprint density at radius 2 is 1.89 bits per heavy atom. The van der Waals surface area contributed by atoms with Crippen molar-refractivity contribution in [2.75, 3.05) is 0 Å². The molecule has 0 aromatic heterocycles. The lowest BCUT2D eigenvalue weighted by molar-refractivity contribution is 0.0174. The van der Waals surface area contributed by atoms with Crippen LogP contribution in [0.1, 0.15) is 63.5 Å². The molecule has 1 aromatic rings. The van der Waals surface area contributed by atoms with Crippen LogP contribution < -0.4 is 5.32 Å². The van der Waals surface area contributed by atoms with Crippen molar-refractivity contribution < 1.29 is 0 Å². The molecule has 1 N–H and O–H groups in total. The van der Waals surface area contributed by atoms with E-state index in [0.29, 0.717) is 17.5 Å². The summed E-state index contributed by atoms with van der Waals surface area (Å²) in [6.07, 6.45) is 9.93. The first-order valence-electron chi connectivity index (χ1n) is 7.72. The van der Waals surface area contributed by atoms with Gasteiger partial charge in [-0.3, -0.25) is 0 Å². The molecule has 3 rings (SSSR count). The van der Waals surface area contributed by atoms with Crippen LogP contribution in [-0.2, 0) is 0 Å². The zero-order valence-electron chi connectivity index (χ0n) is 11.8. The molecule has 2 aliphatic rings. The van der Waals surface area contributed by atoms with Crippen molar-refractivity contribution in [3.63, 3.8) is 0 Å². The summed E-state index contributed by atoms with van der Waals surface area (Å²) in [5.74, 6) is 0. The average Bonchev–Trinajstić information content (AvgIpc) is 2.45. The molecule has 19 heavy (non-hydrogen) atoms. The third-order valence-electron chi connectivity index (χ3n) is 5.34. The number of benzene rings is 1. The molecular weight excluding hydrogens is 254 g/mol. The zero-order valence-corrected chi connectivity index (χ0v) is 12.5. The van der Waals surface area contributed by atoms with Gasteiger partial charge in [0.2, 0.25) is 0 Å². The molecule has 1 aromatic carbocycles. The maximum absolute atomic E-state index is 6.30. The molecule has 2 atom stereocenters. The van der Waals surface area contributed by atoms with E-state index >= 15 is 0 Å². The predicted molar refractivity (Wildman–Crippen MR) is 81.5 cm³/mol. The average molecular weight is 278 g/mol. The van der Waals surface area contributed by atoms with Crippen LogP contribution in [0, 0.1) is 5.41 Å². The van der Waals surface area contributed by atoms with Gasteiger partial charge in [-0.1, -0.05) is 49.1 Å². The Balaban J connectivity index is 1.67. The molecule has 0 aliphatic heterocycles. The van der Waals surface area contributed by atoms with Gasteiger partial charge in [-0.15, -0.1) is 0 Å². The van der Waals surface area contributed by atoms with Gasteiger partial charge in [-0.25, -0.2) is 0 Å². The number of hydrogen-bond donors (Lipinski definition) is 1. The third-order valence-corrected chi connectivity index (χ3v) is 5.69. The van der Waals surface area contributed by atoms with E-state index in [1.807, 2.05) is 12.1 Å². The Hall–Kier alpha value is -0.530. The molecule has 2 saturated carbocycles. The Labute approximate surface area is 121 Å². The molecule has 0 amide bonds. The molecule has 0 radical (unpaired) electrons. The van der Waals surface area contributed by atoms with E-state index in [4.69, 9.17) is 11.6 Å². The van der Waals surface area contributed by atoms with Crippen LogP contribution in [0.25, 0.3) is 0 Å². The Bertz CT molecular complexity index is 437. The number of hydrogen-bond acceptors (Lipinski definition) is 1. The van der Waals surface area contributed by atoms with Gasteiger partial charge in [-0.2, -0.15) is 0 Å². The first-order chi connectivity index (χ1) is 9.21. The second-order valence-corrected chi connectivity index (χ2v) is 6.83. The molecule has 1 unspecified atom stereocenters. The minimum Gasteiger partial charge on any atom is -0.307 e. The molecule has 0 heterocycles. The summed E-state index contributed by atoms with van der Waals surface area (Å²) in [4.78, 5) is 0. The molecule has 1 nitrogen and oxygen atoms in total. The molecule has 0 saturated heterocycles. The lowest BCUT2D eigenvalue weighted by Crippen LogP contribution is -2.54. The summed E-state index contributed by atoms with van der Waals surface area (Å²) in [7, 11) is 0. The van der Waals surface area contributed by atoms with Gasteiger partial charge in [0, 0.05) is 17.1 Å². The molecule has 1 spiro atoms. The second kappa shape index (κ2) is 5.46. The molecule has 2 fully saturated rings. The fourth-order valence-corrected chi connectivity index (χ4v) is 4.33. The Kier molecular flexibility index (Phi) is 3.86. The van der Waals surface area contributed by atoms with Crippen LogP contribution in [0.2, 0.25) is 5.02 Å². The van der Waals surface area contributed by atoms with Crippen LogP contribution in [0.4, 0.5) is 0 Å². The molecule has 2 aliphatic carbocycles. The van der Waals surface area contributed by atoms with Crippen LogP contribution in [0.15, 0.2) is 24.3 Å². The molecular formula is C17H24ClN. The fraction of sp³-hybridized carbons (Fsp3) is 0.647. The van der Waals surface area contributed by atoms with E-state index in [2.05, 4.69) is 24.4 Å². The van der Waals surface area contributed by atoms with Crippen molar-refractivity contribution in [2.24, 2.45) is 5.41 Å². The first kappa shape index (κ1) is 13.5. The van der Waals surface area contributed by atoms with E-state index in [1.165, 1.54) is 50.5 Å². The second-order valence-electron chi connectivity index (χ2n) is 6.42. The van der Waals surface area contributed by atoms with Gasteiger partial charge < -0.3 is 5.32 Å². The third kappa shape index (κ3) is 2.55. The van der Waals surface area contributed by atoms with E-state index in [1.54, 1.807) is 0 Å². The van der Waals surface area contributed by atoms with E-state index in [9.17, 15) is 0 Å². The molecule has 0 bridgehead atoms. The molecule has 104 valence electrons. The largest absolute Gasteiger partial charge is 0.307 e. The topological polar surface area (TPSA) is 12.0 Å².